The summed E-state index contributed by atoms with van der Waals surface area (Å²) in [5.74, 6) is 0.717. The minimum Gasteiger partial charge on any atom is -0.355 e. The predicted molar refractivity (Wildman–Crippen MR) is 101 cm³/mol. The highest BCUT2D eigenvalue weighted by molar-refractivity contribution is 5.93. The SMILES string of the molecule is CC(C)(C)C(=O)NCCC(=O)Nc1ccc2nc(C(C)(C)C)[nH]c2c1. The Morgan fingerprint density at radius 3 is 2.40 bits per heavy atom. The van der Waals surface area contributed by atoms with Gasteiger partial charge in [0.2, 0.25) is 11.8 Å². The van der Waals surface area contributed by atoms with Crippen molar-refractivity contribution >= 4 is 28.5 Å². The summed E-state index contributed by atoms with van der Waals surface area (Å²) >= 11 is 0. The molecular weight excluding hydrogens is 316 g/mol. The van der Waals surface area contributed by atoms with E-state index in [2.05, 4.69) is 41.4 Å². The van der Waals surface area contributed by atoms with Crippen LogP contribution in [-0.4, -0.2) is 28.3 Å². The minimum absolute atomic E-state index is 0.0612. The Labute approximate surface area is 148 Å². The molecule has 136 valence electrons. The molecule has 1 aromatic heterocycles. The van der Waals surface area contributed by atoms with Crippen LogP contribution < -0.4 is 10.6 Å². The molecule has 1 aromatic carbocycles. The number of nitrogens with zero attached hydrogens (tertiary/aromatic N) is 1. The van der Waals surface area contributed by atoms with Gasteiger partial charge >= 0.3 is 0 Å². The molecule has 0 atom stereocenters. The molecule has 2 rings (SSSR count). The van der Waals surface area contributed by atoms with Crippen molar-refractivity contribution in [3.8, 4) is 0 Å². The van der Waals surface area contributed by atoms with E-state index >= 15 is 0 Å². The van der Waals surface area contributed by atoms with Gasteiger partial charge in [0.05, 0.1) is 11.0 Å². The summed E-state index contributed by atoms with van der Waals surface area (Å²) in [5.41, 5.74) is 1.97. The average molecular weight is 344 g/mol. The first-order valence-corrected chi connectivity index (χ1v) is 8.55. The molecule has 25 heavy (non-hydrogen) atoms. The van der Waals surface area contributed by atoms with Crippen LogP contribution in [-0.2, 0) is 15.0 Å². The van der Waals surface area contributed by atoms with Crippen LogP contribution in [0.1, 0.15) is 53.8 Å². The highest BCUT2D eigenvalue weighted by Crippen LogP contribution is 2.24. The standard InChI is InChI=1S/C19H28N4O2/c1-18(2,3)16-22-13-8-7-12(11-14(13)23-16)21-15(24)9-10-20-17(25)19(4,5)6/h7-8,11H,9-10H2,1-6H3,(H,20,25)(H,21,24)(H,22,23). The lowest BCUT2D eigenvalue weighted by atomic mass is 9.96. The number of imidazole rings is 1. The third-order valence-corrected chi connectivity index (χ3v) is 3.79. The van der Waals surface area contributed by atoms with Crippen molar-refractivity contribution in [2.75, 3.05) is 11.9 Å². The number of hydrogen-bond donors (Lipinski definition) is 3. The van der Waals surface area contributed by atoms with Gasteiger partial charge in [-0.25, -0.2) is 4.98 Å². The van der Waals surface area contributed by atoms with E-state index in [1.165, 1.54) is 0 Å². The number of amides is 2. The molecule has 0 fully saturated rings. The number of benzene rings is 1. The first-order chi connectivity index (χ1) is 11.5. The van der Waals surface area contributed by atoms with Crippen molar-refractivity contribution < 1.29 is 9.59 Å². The average Bonchev–Trinajstić information content (AvgIpc) is 2.89. The number of anilines is 1. The van der Waals surface area contributed by atoms with E-state index in [1.54, 1.807) is 0 Å². The van der Waals surface area contributed by atoms with Crippen LogP contribution >= 0.6 is 0 Å². The van der Waals surface area contributed by atoms with E-state index in [-0.39, 0.29) is 23.7 Å². The van der Waals surface area contributed by atoms with Crippen LogP contribution in [0.25, 0.3) is 11.0 Å². The van der Waals surface area contributed by atoms with Crippen LogP contribution in [0.15, 0.2) is 18.2 Å². The van der Waals surface area contributed by atoms with Gasteiger partial charge in [0.1, 0.15) is 5.82 Å². The minimum atomic E-state index is -0.451. The van der Waals surface area contributed by atoms with Crippen molar-refractivity contribution in [1.29, 1.82) is 0 Å². The normalized spacial score (nSPS) is 12.2. The molecule has 0 saturated heterocycles. The lowest BCUT2D eigenvalue weighted by Crippen LogP contribution is -2.36. The first-order valence-electron chi connectivity index (χ1n) is 8.55. The third-order valence-electron chi connectivity index (χ3n) is 3.79. The van der Waals surface area contributed by atoms with Gasteiger partial charge in [-0.1, -0.05) is 41.5 Å². The monoisotopic (exact) mass is 344 g/mol. The molecule has 0 unspecified atom stereocenters. The molecule has 6 nitrogen and oxygen atoms in total. The molecule has 0 aliphatic rings. The van der Waals surface area contributed by atoms with Gasteiger partial charge in [0.25, 0.3) is 0 Å². The van der Waals surface area contributed by atoms with E-state index in [9.17, 15) is 9.59 Å². The Morgan fingerprint density at radius 1 is 1.12 bits per heavy atom. The van der Waals surface area contributed by atoms with Crippen LogP contribution in [0.5, 0.6) is 0 Å². The zero-order valence-corrected chi connectivity index (χ0v) is 15.9. The second-order valence-corrected chi connectivity index (χ2v) is 8.37. The fraction of sp³-hybridized carbons (Fsp3) is 0.526. The Bertz CT molecular complexity index is 779. The number of hydrogen-bond acceptors (Lipinski definition) is 3. The molecule has 2 amide bonds. The summed E-state index contributed by atoms with van der Waals surface area (Å²) in [7, 11) is 0. The Kier molecular flexibility index (Phi) is 5.20. The molecule has 0 aliphatic carbocycles. The number of fused-ring (bicyclic) bond motifs is 1. The number of carbonyl (C=O) groups is 2. The molecule has 1 heterocycles. The highest BCUT2D eigenvalue weighted by Gasteiger charge is 2.21. The molecule has 0 radical (unpaired) electrons. The number of carbonyl (C=O) groups excluding carboxylic acids is 2. The molecular formula is C19H28N4O2. The van der Waals surface area contributed by atoms with E-state index in [1.807, 2.05) is 39.0 Å². The zero-order chi connectivity index (χ0) is 18.8. The molecule has 0 bridgehead atoms. The van der Waals surface area contributed by atoms with Gasteiger partial charge < -0.3 is 15.6 Å². The van der Waals surface area contributed by atoms with Crippen molar-refractivity contribution in [1.82, 2.24) is 15.3 Å². The molecule has 0 saturated carbocycles. The van der Waals surface area contributed by atoms with E-state index in [0.717, 1.165) is 16.9 Å². The van der Waals surface area contributed by atoms with Gasteiger partial charge in [0.15, 0.2) is 0 Å². The lowest BCUT2D eigenvalue weighted by Gasteiger charge is -2.17. The Balaban J connectivity index is 1.96. The van der Waals surface area contributed by atoms with Gasteiger partial charge in [0, 0.05) is 29.5 Å². The molecule has 2 aromatic rings. The van der Waals surface area contributed by atoms with Crippen LogP contribution in [0.2, 0.25) is 0 Å². The summed E-state index contributed by atoms with van der Waals surface area (Å²) in [6.07, 6.45) is 0.232. The third kappa shape index (κ3) is 5.05. The van der Waals surface area contributed by atoms with E-state index in [0.29, 0.717) is 12.2 Å². The quantitative estimate of drug-likeness (QED) is 0.795. The van der Waals surface area contributed by atoms with Crippen LogP contribution in [0.3, 0.4) is 0 Å². The number of aromatic nitrogens is 2. The topological polar surface area (TPSA) is 86.9 Å². The largest absolute Gasteiger partial charge is 0.355 e. The molecule has 0 aliphatic heterocycles. The Hall–Kier alpha value is -2.37. The zero-order valence-electron chi connectivity index (χ0n) is 15.9. The Morgan fingerprint density at radius 2 is 1.80 bits per heavy atom. The van der Waals surface area contributed by atoms with Gasteiger partial charge in [-0.2, -0.15) is 0 Å². The fourth-order valence-corrected chi connectivity index (χ4v) is 2.22. The maximum atomic E-state index is 12.1. The lowest BCUT2D eigenvalue weighted by molar-refractivity contribution is -0.128. The number of aromatic amines is 1. The van der Waals surface area contributed by atoms with Crippen molar-refractivity contribution in [2.24, 2.45) is 5.41 Å². The predicted octanol–water partition coefficient (Wildman–Crippen LogP) is 3.35. The van der Waals surface area contributed by atoms with Gasteiger partial charge in [-0.05, 0) is 18.2 Å². The molecule has 0 spiro atoms. The maximum absolute atomic E-state index is 12.1. The summed E-state index contributed by atoms with van der Waals surface area (Å²) in [6.45, 7) is 12.1. The van der Waals surface area contributed by atoms with Crippen LogP contribution in [0.4, 0.5) is 5.69 Å². The summed E-state index contributed by atoms with van der Waals surface area (Å²) in [5, 5.41) is 5.63. The van der Waals surface area contributed by atoms with Crippen LogP contribution in [0, 0.1) is 5.41 Å². The second-order valence-electron chi connectivity index (χ2n) is 8.37. The maximum Gasteiger partial charge on any atom is 0.226 e. The van der Waals surface area contributed by atoms with Gasteiger partial charge in [-0.15, -0.1) is 0 Å². The molecule has 6 heteroatoms. The molecule has 3 N–H and O–H groups in total. The second kappa shape index (κ2) is 6.86. The first kappa shape index (κ1) is 19.0. The number of H-pyrrole nitrogens is 1. The van der Waals surface area contributed by atoms with E-state index in [4.69, 9.17) is 0 Å². The number of nitrogens with one attached hydrogen (secondary N) is 3. The highest BCUT2D eigenvalue weighted by atomic mass is 16.2. The van der Waals surface area contributed by atoms with Crippen molar-refractivity contribution in [2.45, 2.75) is 53.4 Å². The smallest absolute Gasteiger partial charge is 0.226 e. The van der Waals surface area contributed by atoms with Gasteiger partial charge in [-0.3, -0.25) is 9.59 Å². The number of rotatable bonds is 4. The van der Waals surface area contributed by atoms with Crippen molar-refractivity contribution in [3.05, 3.63) is 24.0 Å². The van der Waals surface area contributed by atoms with Crippen molar-refractivity contribution in [3.63, 3.8) is 0 Å². The summed E-state index contributed by atoms with van der Waals surface area (Å²) in [6, 6.07) is 5.60. The fourth-order valence-electron chi connectivity index (χ4n) is 2.22. The van der Waals surface area contributed by atoms with E-state index < -0.39 is 5.41 Å². The summed E-state index contributed by atoms with van der Waals surface area (Å²) < 4.78 is 0. The summed E-state index contributed by atoms with van der Waals surface area (Å²) in [4.78, 5) is 31.7.